The minimum absolute atomic E-state index is 0.0584. The number of amides is 1. The zero-order chi connectivity index (χ0) is 23.3. The van der Waals surface area contributed by atoms with Crippen LogP contribution in [0.3, 0.4) is 0 Å². The van der Waals surface area contributed by atoms with E-state index in [0.29, 0.717) is 21.3 Å². The van der Waals surface area contributed by atoms with Gasteiger partial charge in [0.2, 0.25) is 5.91 Å². The molecule has 3 nitrogen and oxygen atoms in total. The predicted octanol–water partition coefficient (Wildman–Crippen LogP) is 7.74. The van der Waals surface area contributed by atoms with Crippen molar-refractivity contribution in [1.29, 1.82) is 0 Å². The highest BCUT2D eigenvalue weighted by Gasteiger charge is 2.27. The summed E-state index contributed by atoms with van der Waals surface area (Å²) in [6.45, 7) is 5.68. The molecule has 0 heterocycles. The molecule has 1 amide bonds. The summed E-state index contributed by atoms with van der Waals surface area (Å²) in [6, 6.07) is 17.3. The van der Waals surface area contributed by atoms with Crippen molar-refractivity contribution < 1.29 is 13.9 Å². The van der Waals surface area contributed by atoms with Crippen LogP contribution in [0.4, 0.5) is 10.1 Å². The van der Waals surface area contributed by atoms with Gasteiger partial charge < -0.3 is 10.1 Å². The van der Waals surface area contributed by atoms with Crippen molar-refractivity contribution in [3.05, 3.63) is 87.7 Å². The van der Waals surface area contributed by atoms with Gasteiger partial charge in [-0.25, -0.2) is 4.39 Å². The number of hydrogen-bond acceptors (Lipinski definition) is 3. The molecule has 0 unspecified atom stereocenters. The molecule has 3 aromatic rings. The van der Waals surface area contributed by atoms with Crippen LogP contribution in [0, 0.1) is 5.82 Å². The molecular formula is C25H24Cl2FNO2S. The van der Waals surface area contributed by atoms with Gasteiger partial charge >= 0.3 is 0 Å². The van der Waals surface area contributed by atoms with E-state index in [9.17, 15) is 9.18 Å². The minimum atomic E-state index is -0.893. The van der Waals surface area contributed by atoms with E-state index in [1.807, 2.05) is 24.3 Å². The summed E-state index contributed by atoms with van der Waals surface area (Å²) in [6.07, 6.45) is 0.207. The topological polar surface area (TPSA) is 38.3 Å². The Morgan fingerprint density at radius 1 is 1.06 bits per heavy atom. The lowest BCUT2D eigenvalue weighted by atomic mass is 9.98. The van der Waals surface area contributed by atoms with E-state index >= 15 is 0 Å². The number of nitrogens with one attached hydrogen (secondary N) is 1. The first kappa shape index (κ1) is 24.4. The first-order chi connectivity index (χ1) is 15.2. The summed E-state index contributed by atoms with van der Waals surface area (Å²) in [5, 5.41) is 3.68. The molecule has 0 saturated carbocycles. The number of carbonyl (C=O) groups is 1. The Hall–Kier alpha value is -2.21. The number of carbonyl (C=O) groups excluding carboxylic acids is 1. The van der Waals surface area contributed by atoms with Crippen LogP contribution in [0.1, 0.15) is 31.9 Å². The van der Waals surface area contributed by atoms with Crippen LogP contribution in [0.2, 0.25) is 10.0 Å². The van der Waals surface area contributed by atoms with E-state index in [1.54, 1.807) is 49.9 Å². The molecule has 168 valence electrons. The van der Waals surface area contributed by atoms with Crippen molar-refractivity contribution >= 4 is 46.6 Å². The molecule has 0 bridgehead atoms. The lowest BCUT2D eigenvalue weighted by molar-refractivity contribution is -0.115. The molecule has 0 aliphatic heterocycles. The second-order valence-corrected chi connectivity index (χ2v) is 9.86. The number of hydrogen-bond donors (Lipinski definition) is 1. The van der Waals surface area contributed by atoms with Gasteiger partial charge in [0.25, 0.3) is 0 Å². The van der Waals surface area contributed by atoms with Gasteiger partial charge in [-0.1, -0.05) is 48.3 Å². The average molecular weight is 492 g/mol. The van der Waals surface area contributed by atoms with E-state index in [0.717, 1.165) is 16.2 Å². The molecule has 0 saturated heterocycles. The molecule has 7 heteroatoms. The fraction of sp³-hybridized carbons (Fsp3) is 0.240. The summed E-state index contributed by atoms with van der Waals surface area (Å²) in [5.41, 5.74) is 1.05. The monoisotopic (exact) mass is 491 g/mol. The smallest absolute Gasteiger partial charge is 0.228 e. The maximum absolute atomic E-state index is 14.7. The van der Waals surface area contributed by atoms with Gasteiger partial charge in [0.15, 0.2) is 11.6 Å². The first-order valence-electron chi connectivity index (χ1n) is 10.1. The zero-order valence-corrected chi connectivity index (χ0v) is 20.4. The third-order valence-electron chi connectivity index (χ3n) is 4.76. The normalized spacial score (nSPS) is 11.3. The molecule has 32 heavy (non-hydrogen) atoms. The fourth-order valence-electron chi connectivity index (χ4n) is 3.23. The Morgan fingerprint density at radius 3 is 2.41 bits per heavy atom. The fourth-order valence-corrected chi connectivity index (χ4v) is 4.53. The SMILES string of the molecule is CCSc1ccc(CC(=O)Nc2ccc(OC(C)(C)c3ccc(Cl)cc3Cl)c(F)c2)cc1. The average Bonchev–Trinajstić information content (AvgIpc) is 2.71. The minimum Gasteiger partial charge on any atom is -0.480 e. The number of thioether (sulfide) groups is 1. The van der Waals surface area contributed by atoms with Gasteiger partial charge in [0.05, 0.1) is 6.42 Å². The van der Waals surface area contributed by atoms with Gasteiger partial charge in [-0.15, -0.1) is 11.8 Å². The van der Waals surface area contributed by atoms with E-state index in [2.05, 4.69) is 12.2 Å². The number of anilines is 1. The number of halogens is 3. The summed E-state index contributed by atoms with van der Waals surface area (Å²) in [4.78, 5) is 13.5. The molecule has 0 aromatic heterocycles. The second kappa shape index (κ2) is 10.6. The first-order valence-corrected chi connectivity index (χ1v) is 11.9. The largest absolute Gasteiger partial charge is 0.480 e. The van der Waals surface area contributed by atoms with E-state index < -0.39 is 11.4 Å². The van der Waals surface area contributed by atoms with Gasteiger partial charge in [0.1, 0.15) is 5.60 Å². The number of ether oxygens (including phenoxy) is 1. The Balaban J connectivity index is 1.66. The van der Waals surface area contributed by atoms with Crippen LogP contribution in [0.5, 0.6) is 5.75 Å². The quantitative estimate of drug-likeness (QED) is 0.327. The lowest BCUT2D eigenvalue weighted by Gasteiger charge is -2.28. The van der Waals surface area contributed by atoms with Crippen LogP contribution in [-0.2, 0) is 16.8 Å². The van der Waals surface area contributed by atoms with Gasteiger partial charge in [-0.3, -0.25) is 4.79 Å². The summed E-state index contributed by atoms with van der Waals surface area (Å²) in [7, 11) is 0. The van der Waals surface area contributed by atoms with Gasteiger partial charge in [-0.2, -0.15) is 0 Å². The van der Waals surface area contributed by atoms with Crippen molar-refractivity contribution in [2.24, 2.45) is 0 Å². The zero-order valence-electron chi connectivity index (χ0n) is 18.0. The molecule has 0 fully saturated rings. The number of rotatable bonds is 8. The molecule has 1 N–H and O–H groups in total. The van der Waals surface area contributed by atoms with Crippen molar-refractivity contribution in [1.82, 2.24) is 0 Å². The van der Waals surface area contributed by atoms with E-state index in [1.165, 1.54) is 12.1 Å². The Morgan fingerprint density at radius 2 is 1.78 bits per heavy atom. The van der Waals surface area contributed by atoms with Crippen LogP contribution >= 0.6 is 35.0 Å². The third-order valence-corrected chi connectivity index (χ3v) is 6.20. The van der Waals surface area contributed by atoms with Crippen LogP contribution in [0.15, 0.2) is 65.6 Å². The van der Waals surface area contributed by atoms with Crippen molar-refractivity contribution in [3.8, 4) is 5.75 Å². The van der Waals surface area contributed by atoms with E-state index in [-0.39, 0.29) is 18.1 Å². The van der Waals surface area contributed by atoms with Crippen LogP contribution in [0.25, 0.3) is 0 Å². The summed E-state index contributed by atoms with van der Waals surface area (Å²) < 4.78 is 20.6. The van der Waals surface area contributed by atoms with Crippen LogP contribution < -0.4 is 10.1 Å². The van der Waals surface area contributed by atoms with Gasteiger partial charge in [-0.05, 0) is 61.6 Å². The Labute approximate surface area is 202 Å². The molecule has 3 rings (SSSR count). The molecule has 0 spiro atoms. The predicted molar refractivity (Wildman–Crippen MR) is 132 cm³/mol. The van der Waals surface area contributed by atoms with Crippen LogP contribution in [-0.4, -0.2) is 11.7 Å². The Kier molecular flexibility index (Phi) is 8.10. The molecule has 0 aliphatic rings. The molecule has 3 aromatic carbocycles. The van der Waals surface area contributed by atoms with Crippen molar-refractivity contribution in [3.63, 3.8) is 0 Å². The van der Waals surface area contributed by atoms with E-state index in [4.69, 9.17) is 27.9 Å². The maximum Gasteiger partial charge on any atom is 0.228 e. The lowest BCUT2D eigenvalue weighted by Crippen LogP contribution is -2.26. The third kappa shape index (κ3) is 6.41. The van der Waals surface area contributed by atoms with Crippen molar-refractivity contribution in [2.45, 2.75) is 37.7 Å². The summed E-state index contributed by atoms with van der Waals surface area (Å²) >= 11 is 14.0. The maximum atomic E-state index is 14.7. The number of benzene rings is 3. The highest BCUT2D eigenvalue weighted by Crippen LogP contribution is 2.35. The molecule has 0 radical (unpaired) electrons. The standard InChI is InChI=1S/C25H24Cl2FNO2S/c1-4-32-19-9-5-16(6-10-19)13-24(30)29-18-8-12-23(22(28)15-18)31-25(2,3)20-11-7-17(26)14-21(20)27/h5-12,14-15H,4,13H2,1-3H3,(H,29,30). The van der Waals surface area contributed by atoms with Crippen molar-refractivity contribution in [2.75, 3.05) is 11.1 Å². The summed E-state index contributed by atoms with van der Waals surface area (Å²) in [5.74, 6) is 0.252. The molecule has 0 atom stereocenters. The van der Waals surface area contributed by atoms with Gasteiger partial charge in [0, 0.05) is 32.3 Å². The highest BCUT2D eigenvalue weighted by molar-refractivity contribution is 7.99. The highest BCUT2D eigenvalue weighted by atomic mass is 35.5. The second-order valence-electron chi connectivity index (χ2n) is 7.68. The Bertz CT molecular complexity index is 1100. The molecule has 0 aliphatic carbocycles. The molecular weight excluding hydrogens is 468 g/mol.